The van der Waals surface area contributed by atoms with Crippen molar-refractivity contribution in [2.45, 2.75) is 105 Å². The Morgan fingerprint density at radius 1 is 0.345 bits per heavy atom. The van der Waals surface area contributed by atoms with Gasteiger partial charge in [0.05, 0.1) is 22.1 Å². The summed E-state index contributed by atoms with van der Waals surface area (Å²) in [5, 5.41) is 7.98. The maximum Gasteiger partial charge on any atom is 0.0541 e. The van der Waals surface area contributed by atoms with Gasteiger partial charge in [-0.3, -0.25) is 0 Å². The van der Waals surface area contributed by atoms with Gasteiger partial charge in [0.2, 0.25) is 0 Å². The summed E-state index contributed by atoms with van der Waals surface area (Å²) in [5.41, 5.74) is 15.6. The van der Waals surface area contributed by atoms with Crippen LogP contribution in [0.5, 0.6) is 0 Å². The molecule has 55 heavy (non-hydrogen) atoms. The van der Waals surface area contributed by atoms with Gasteiger partial charge >= 0.3 is 0 Å². The molecule has 0 fully saturated rings. The van der Waals surface area contributed by atoms with Crippen molar-refractivity contribution in [1.29, 1.82) is 0 Å². The molecule has 0 aliphatic carbocycles. The van der Waals surface area contributed by atoms with Crippen LogP contribution in [0.4, 0.5) is 0 Å². The Kier molecular flexibility index (Phi) is 9.72. The number of benzene rings is 6. The van der Waals surface area contributed by atoms with Crippen LogP contribution < -0.4 is 0 Å². The highest BCUT2D eigenvalue weighted by Crippen LogP contribution is 2.38. The van der Waals surface area contributed by atoms with Gasteiger partial charge in [-0.25, -0.2) is 0 Å². The van der Waals surface area contributed by atoms with Crippen molar-refractivity contribution in [3.63, 3.8) is 0 Å². The number of fused-ring (bicyclic) bond motifs is 9. The summed E-state index contributed by atoms with van der Waals surface area (Å²) < 4.78 is 5.00. The number of hydrogen-bond acceptors (Lipinski definition) is 0. The van der Waals surface area contributed by atoms with Gasteiger partial charge in [0, 0.05) is 54.7 Å². The van der Waals surface area contributed by atoms with Gasteiger partial charge in [-0.2, -0.15) is 0 Å². The Morgan fingerprint density at radius 3 is 0.945 bits per heavy atom. The van der Waals surface area contributed by atoms with Gasteiger partial charge in [0.25, 0.3) is 0 Å². The molecule has 278 valence electrons. The highest BCUT2D eigenvalue weighted by atomic mass is 15.0. The molecule has 0 atom stereocenters. The number of aromatic amines is 1. The summed E-state index contributed by atoms with van der Waals surface area (Å²) in [7, 11) is 0. The lowest BCUT2D eigenvalue weighted by molar-refractivity contribution is 0.795. The summed E-state index contributed by atoms with van der Waals surface area (Å²) in [5.74, 6) is 0. The second kappa shape index (κ2) is 15.1. The molecule has 9 rings (SSSR count). The molecule has 0 unspecified atom stereocenters. The predicted molar refractivity (Wildman–Crippen MR) is 239 cm³/mol. The van der Waals surface area contributed by atoms with Gasteiger partial charge in [-0.05, 0) is 159 Å². The molecule has 3 aromatic heterocycles. The maximum absolute atomic E-state index is 3.76. The zero-order valence-corrected chi connectivity index (χ0v) is 33.3. The summed E-state index contributed by atoms with van der Waals surface area (Å²) in [6, 6.07) is 42.7. The van der Waals surface area contributed by atoms with Crippen molar-refractivity contribution in [2.75, 3.05) is 0 Å². The molecular formula is C52H55N3. The number of nitrogens with zero attached hydrogens (tertiary/aromatic N) is 2. The second-order valence-electron chi connectivity index (χ2n) is 16.1. The third-order valence-electron chi connectivity index (χ3n) is 12.1. The monoisotopic (exact) mass is 721 g/mol. The van der Waals surface area contributed by atoms with Gasteiger partial charge in [0.1, 0.15) is 0 Å². The van der Waals surface area contributed by atoms with E-state index in [0.717, 1.165) is 25.7 Å². The van der Waals surface area contributed by atoms with Crippen molar-refractivity contribution in [3.05, 3.63) is 131 Å². The van der Waals surface area contributed by atoms with Gasteiger partial charge in [0.15, 0.2) is 0 Å². The molecular weight excluding hydrogens is 667 g/mol. The van der Waals surface area contributed by atoms with Crippen LogP contribution in [-0.2, 0) is 25.7 Å². The fourth-order valence-corrected chi connectivity index (χ4v) is 9.09. The number of rotatable bonds is 14. The molecule has 0 aliphatic heterocycles. The zero-order chi connectivity index (χ0) is 37.5. The SMILES string of the molecule is CCCCc1ccc2c(c1)c1cc(CCCC)ccc1n2-c1ccc2[nH]c3ccc(-n4c5ccc(CCCC)cc5c5cc(CCCC)ccc54)cc3c2c1. The lowest BCUT2D eigenvalue weighted by atomic mass is 10.0. The lowest BCUT2D eigenvalue weighted by Gasteiger charge is -2.10. The first kappa shape index (κ1) is 35.4. The second-order valence-corrected chi connectivity index (χ2v) is 16.1. The number of unbranched alkanes of at least 4 members (excludes halogenated alkanes) is 4. The Hall–Kier alpha value is -5.28. The van der Waals surface area contributed by atoms with Crippen LogP contribution in [0.1, 0.15) is 101 Å². The average molecular weight is 722 g/mol. The molecule has 3 heterocycles. The Bertz CT molecular complexity index is 2500. The average Bonchev–Trinajstić information content (AvgIpc) is 3.86. The zero-order valence-electron chi connectivity index (χ0n) is 33.3. The molecule has 0 saturated heterocycles. The number of aryl methyl sites for hydroxylation is 4. The van der Waals surface area contributed by atoms with Gasteiger partial charge in [-0.15, -0.1) is 0 Å². The molecule has 1 N–H and O–H groups in total. The Labute approximate surface area is 326 Å². The van der Waals surface area contributed by atoms with Crippen LogP contribution in [0.2, 0.25) is 0 Å². The summed E-state index contributed by atoms with van der Waals surface area (Å²) in [4.78, 5) is 3.76. The van der Waals surface area contributed by atoms with Crippen molar-refractivity contribution in [3.8, 4) is 11.4 Å². The summed E-state index contributed by atoms with van der Waals surface area (Å²) in [6.07, 6.45) is 14.3. The van der Waals surface area contributed by atoms with Gasteiger partial charge in [-0.1, -0.05) is 77.6 Å². The molecule has 0 bridgehead atoms. The van der Waals surface area contributed by atoms with E-state index >= 15 is 0 Å². The van der Waals surface area contributed by atoms with E-state index in [9.17, 15) is 0 Å². The summed E-state index contributed by atoms with van der Waals surface area (Å²) in [6.45, 7) is 9.13. The molecule has 3 nitrogen and oxygen atoms in total. The number of hydrogen-bond donors (Lipinski definition) is 1. The van der Waals surface area contributed by atoms with Crippen LogP contribution in [0.3, 0.4) is 0 Å². The van der Waals surface area contributed by atoms with E-state index in [0.29, 0.717) is 0 Å². The normalized spacial score (nSPS) is 12.1. The van der Waals surface area contributed by atoms with Crippen molar-refractivity contribution in [2.24, 2.45) is 0 Å². The number of aromatic nitrogens is 3. The molecule has 9 aromatic rings. The van der Waals surface area contributed by atoms with Crippen LogP contribution in [0.15, 0.2) is 109 Å². The first-order valence-corrected chi connectivity index (χ1v) is 21.3. The topological polar surface area (TPSA) is 25.6 Å². The first-order chi connectivity index (χ1) is 27.1. The van der Waals surface area contributed by atoms with Crippen LogP contribution >= 0.6 is 0 Å². The first-order valence-electron chi connectivity index (χ1n) is 21.3. The van der Waals surface area contributed by atoms with E-state index in [1.54, 1.807) is 0 Å². The minimum atomic E-state index is 1.13. The molecule has 0 spiro atoms. The Balaban J connectivity index is 1.21. The van der Waals surface area contributed by atoms with E-state index in [1.165, 1.54) is 150 Å². The smallest absolute Gasteiger partial charge is 0.0541 e. The number of nitrogens with one attached hydrogen (secondary N) is 1. The Morgan fingerprint density at radius 2 is 0.655 bits per heavy atom. The standard InChI is InChI=1S/C52H55N3/c1-5-9-13-35-17-25-49-43(29-35)44-30-36(14-10-6-2)18-26-50(44)54(49)39-21-23-47-41(33-39)42-34-40(22-24-48(42)53-47)55-51-27-19-37(15-11-7-3)31-45(51)46-32-38(16-12-8-4)20-28-52(46)55/h17-34,53H,5-16H2,1-4H3. The molecule has 0 amide bonds. The summed E-state index contributed by atoms with van der Waals surface area (Å²) >= 11 is 0. The highest BCUT2D eigenvalue weighted by molar-refractivity contribution is 6.13. The lowest BCUT2D eigenvalue weighted by Crippen LogP contribution is -1.95. The largest absolute Gasteiger partial charge is 0.355 e. The van der Waals surface area contributed by atoms with Crippen molar-refractivity contribution in [1.82, 2.24) is 14.1 Å². The van der Waals surface area contributed by atoms with E-state index in [-0.39, 0.29) is 0 Å². The molecule has 0 saturated carbocycles. The third-order valence-corrected chi connectivity index (χ3v) is 12.1. The van der Waals surface area contributed by atoms with Crippen LogP contribution in [0.25, 0.3) is 76.8 Å². The van der Waals surface area contributed by atoms with E-state index in [4.69, 9.17) is 0 Å². The highest BCUT2D eigenvalue weighted by Gasteiger charge is 2.18. The van der Waals surface area contributed by atoms with Gasteiger partial charge < -0.3 is 14.1 Å². The minimum Gasteiger partial charge on any atom is -0.355 e. The molecule has 6 aromatic carbocycles. The van der Waals surface area contributed by atoms with E-state index in [2.05, 4.69) is 151 Å². The van der Waals surface area contributed by atoms with Crippen molar-refractivity contribution >= 4 is 65.4 Å². The predicted octanol–water partition coefficient (Wildman–Crippen LogP) is 14.9. The van der Waals surface area contributed by atoms with Crippen molar-refractivity contribution < 1.29 is 0 Å². The molecule has 3 heteroatoms. The maximum atomic E-state index is 3.76. The minimum absolute atomic E-state index is 1.13. The fraction of sp³-hybridized carbons (Fsp3) is 0.308. The fourth-order valence-electron chi connectivity index (χ4n) is 9.09. The quantitative estimate of drug-likeness (QED) is 0.116. The van der Waals surface area contributed by atoms with Crippen LogP contribution in [0, 0.1) is 0 Å². The molecule has 0 radical (unpaired) electrons. The molecule has 0 aliphatic rings. The third kappa shape index (κ3) is 6.42. The van der Waals surface area contributed by atoms with Crippen LogP contribution in [-0.4, -0.2) is 14.1 Å². The van der Waals surface area contributed by atoms with E-state index in [1.807, 2.05) is 0 Å². The number of H-pyrrole nitrogens is 1. The van der Waals surface area contributed by atoms with E-state index < -0.39 is 0 Å².